The highest BCUT2D eigenvalue weighted by Crippen LogP contribution is 2.30. The van der Waals surface area contributed by atoms with Crippen molar-refractivity contribution >= 4 is 33.1 Å². The van der Waals surface area contributed by atoms with Crippen LogP contribution in [-0.4, -0.2) is 55.2 Å². The summed E-state index contributed by atoms with van der Waals surface area (Å²) in [7, 11) is -2.26. The molecule has 0 aliphatic carbocycles. The lowest BCUT2D eigenvalue weighted by atomic mass is 9.97. The van der Waals surface area contributed by atoms with Gasteiger partial charge < -0.3 is 9.32 Å². The molecule has 0 spiro atoms. The van der Waals surface area contributed by atoms with Crippen LogP contribution >= 0.6 is 0 Å². The highest BCUT2D eigenvalue weighted by Gasteiger charge is 2.28. The van der Waals surface area contributed by atoms with Crippen LogP contribution in [0.4, 0.5) is 0 Å². The van der Waals surface area contributed by atoms with Gasteiger partial charge in [0, 0.05) is 31.5 Å². The lowest BCUT2D eigenvalue weighted by Gasteiger charge is -2.31. The third-order valence-electron chi connectivity index (χ3n) is 5.53. The standard InChI is InChI=1S/C23H25N3O4S/c1-25(31(28,29)16-13-18-7-3-2-4-8-18)17-22(27)26-14-11-19(12-15-26)23-24-20-9-5-6-10-21(20)30-23/h2-10,13,16,19H,11-12,14-15,17H2,1H3/b16-13+. The highest BCUT2D eigenvalue weighted by molar-refractivity contribution is 7.92. The first-order chi connectivity index (χ1) is 14.9. The molecule has 0 bridgehead atoms. The van der Waals surface area contributed by atoms with Crippen molar-refractivity contribution in [1.29, 1.82) is 0 Å². The number of likely N-dealkylation sites (N-methyl/N-ethyl adjacent to an activating group) is 1. The van der Waals surface area contributed by atoms with E-state index < -0.39 is 10.0 Å². The Morgan fingerprint density at radius 3 is 2.52 bits per heavy atom. The summed E-state index contributed by atoms with van der Waals surface area (Å²) in [5, 5.41) is 1.13. The second-order valence-electron chi connectivity index (χ2n) is 7.69. The van der Waals surface area contributed by atoms with Gasteiger partial charge >= 0.3 is 0 Å². The molecule has 0 N–H and O–H groups in total. The van der Waals surface area contributed by atoms with Crippen LogP contribution in [0.1, 0.15) is 30.2 Å². The number of hydrogen-bond donors (Lipinski definition) is 0. The van der Waals surface area contributed by atoms with Crippen molar-refractivity contribution in [3.63, 3.8) is 0 Å². The molecule has 1 saturated heterocycles. The maximum atomic E-state index is 12.7. The quantitative estimate of drug-likeness (QED) is 0.587. The van der Waals surface area contributed by atoms with E-state index in [0.717, 1.165) is 39.2 Å². The fraction of sp³-hybridized carbons (Fsp3) is 0.304. The van der Waals surface area contributed by atoms with E-state index in [1.165, 1.54) is 13.1 Å². The molecule has 8 heteroatoms. The van der Waals surface area contributed by atoms with Crippen molar-refractivity contribution in [1.82, 2.24) is 14.2 Å². The molecule has 1 aliphatic rings. The van der Waals surface area contributed by atoms with Crippen LogP contribution in [0.3, 0.4) is 0 Å². The average molecular weight is 440 g/mol. The SMILES string of the molecule is CN(CC(=O)N1CCC(c2nc3ccccc3o2)CC1)S(=O)(=O)/C=C/c1ccccc1. The van der Waals surface area contributed by atoms with E-state index in [-0.39, 0.29) is 18.4 Å². The van der Waals surface area contributed by atoms with E-state index in [9.17, 15) is 13.2 Å². The third kappa shape index (κ3) is 5.03. The molecular formula is C23H25N3O4S. The minimum absolute atomic E-state index is 0.159. The largest absolute Gasteiger partial charge is 0.440 e. The number of likely N-dealkylation sites (tertiary alicyclic amines) is 1. The summed E-state index contributed by atoms with van der Waals surface area (Å²) in [6.45, 7) is 0.918. The Hall–Kier alpha value is -2.97. The first-order valence-electron chi connectivity index (χ1n) is 10.2. The zero-order chi connectivity index (χ0) is 21.8. The summed E-state index contributed by atoms with van der Waals surface area (Å²) in [5.74, 6) is 0.668. The molecule has 4 rings (SSSR count). The Labute approximate surface area is 182 Å². The normalized spacial score (nSPS) is 15.9. The molecule has 1 aliphatic heterocycles. The summed E-state index contributed by atoms with van der Waals surface area (Å²) < 4.78 is 31.9. The Balaban J connectivity index is 1.32. The molecule has 31 heavy (non-hydrogen) atoms. The number of amides is 1. The number of benzene rings is 2. The molecule has 1 amide bonds. The number of oxazole rings is 1. The number of rotatable bonds is 6. The molecule has 0 atom stereocenters. The van der Waals surface area contributed by atoms with Crippen LogP contribution in [0.5, 0.6) is 0 Å². The molecule has 2 aromatic carbocycles. The number of nitrogens with zero attached hydrogens (tertiary/aromatic N) is 3. The molecular weight excluding hydrogens is 414 g/mol. The van der Waals surface area contributed by atoms with Crippen molar-refractivity contribution in [2.24, 2.45) is 0 Å². The number of para-hydroxylation sites is 2. The molecule has 1 fully saturated rings. The van der Waals surface area contributed by atoms with Gasteiger partial charge in [-0.3, -0.25) is 4.79 Å². The van der Waals surface area contributed by atoms with Crippen LogP contribution in [0, 0.1) is 0 Å². The highest BCUT2D eigenvalue weighted by atomic mass is 32.2. The van der Waals surface area contributed by atoms with Crippen molar-refractivity contribution in [3.05, 3.63) is 71.5 Å². The van der Waals surface area contributed by atoms with Gasteiger partial charge in [-0.05, 0) is 36.6 Å². The van der Waals surface area contributed by atoms with Crippen molar-refractivity contribution in [2.45, 2.75) is 18.8 Å². The van der Waals surface area contributed by atoms with Gasteiger partial charge in [0.2, 0.25) is 15.9 Å². The number of carbonyl (C=O) groups is 1. The maximum Gasteiger partial charge on any atom is 0.237 e. The van der Waals surface area contributed by atoms with Crippen LogP contribution in [0.2, 0.25) is 0 Å². The van der Waals surface area contributed by atoms with Gasteiger partial charge in [-0.1, -0.05) is 42.5 Å². The lowest BCUT2D eigenvalue weighted by Crippen LogP contribution is -2.44. The zero-order valence-corrected chi connectivity index (χ0v) is 18.2. The van der Waals surface area contributed by atoms with Crippen LogP contribution < -0.4 is 0 Å². The van der Waals surface area contributed by atoms with E-state index >= 15 is 0 Å². The van der Waals surface area contributed by atoms with Crippen molar-refractivity contribution in [3.8, 4) is 0 Å². The topological polar surface area (TPSA) is 83.7 Å². The lowest BCUT2D eigenvalue weighted by molar-refractivity contribution is -0.132. The first-order valence-corrected chi connectivity index (χ1v) is 11.8. The van der Waals surface area contributed by atoms with Gasteiger partial charge in [0.15, 0.2) is 11.5 Å². The van der Waals surface area contributed by atoms with Gasteiger partial charge in [-0.25, -0.2) is 13.4 Å². The van der Waals surface area contributed by atoms with E-state index in [1.54, 1.807) is 4.90 Å². The molecule has 162 valence electrons. The Bertz CT molecular complexity index is 1150. The van der Waals surface area contributed by atoms with E-state index in [2.05, 4.69) is 4.98 Å². The number of hydrogen-bond acceptors (Lipinski definition) is 5. The van der Waals surface area contributed by atoms with Gasteiger partial charge in [-0.2, -0.15) is 4.31 Å². The van der Waals surface area contributed by atoms with Gasteiger partial charge in [0.1, 0.15) is 5.52 Å². The number of fused-ring (bicyclic) bond motifs is 1. The molecule has 2 heterocycles. The maximum absolute atomic E-state index is 12.7. The predicted octanol–water partition coefficient (Wildman–Crippen LogP) is 3.47. The number of aromatic nitrogens is 1. The van der Waals surface area contributed by atoms with Gasteiger partial charge in [0.05, 0.1) is 6.54 Å². The smallest absolute Gasteiger partial charge is 0.237 e. The Morgan fingerprint density at radius 1 is 1.13 bits per heavy atom. The van der Waals surface area contributed by atoms with Gasteiger partial charge in [0.25, 0.3) is 0 Å². The summed E-state index contributed by atoms with van der Waals surface area (Å²) in [6.07, 6.45) is 3.01. The van der Waals surface area contributed by atoms with E-state index in [0.29, 0.717) is 19.0 Å². The van der Waals surface area contributed by atoms with Crippen molar-refractivity contribution in [2.75, 3.05) is 26.7 Å². The Morgan fingerprint density at radius 2 is 1.81 bits per heavy atom. The molecule has 7 nitrogen and oxygen atoms in total. The fourth-order valence-electron chi connectivity index (χ4n) is 3.65. The van der Waals surface area contributed by atoms with Crippen molar-refractivity contribution < 1.29 is 17.6 Å². The number of sulfonamides is 1. The van der Waals surface area contributed by atoms with Crippen LogP contribution in [-0.2, 0) is 14.8 Å². The zero-order valence-electron chi connectivity index (χ0n) is 17.3. The second kappa shape index (κ2) is 9.03. The van der Waals surface area contributed by atoms with E-state index in [1.807, 2.05) is 54.6 Å². The van der Waals surface area contributed by atoms with E-state index in [4.69, 9.17) is 4.42 Å². The predicted molar refractivity (Wildman–Crippen MR) is 120 cm³/mol. The van der Waals surface area contributed by atoms with Gasteiger partial charge in [-0.15, -0.1) is 0 Å². The van der Waals surface area contributed by atoms with Crippen LogP contribution in [0.15, 0.2) is 64.4 Å². The second-order valence-corrected chi connectivity index (χ2v) is 9.61. The monoisotopic (exact) mass is 439 g/mol. The molecule has 3 aromatic rings. The molecule has 1 aromatic heterocycles. The molecule has 0 radical (unpaired) electrons. The number of piperidine rings is 1. The summed E-state index contributed by atoms with van der Waals surface area (Å²) in [6, 6.07) is 16.8. The summed E-state index contributed by atoms with van der Waals surface area (Å²) >= 11 is 0. The minimum Gasteiger partial charge on any atom is -0.440 e. The average Bonchev–Trinajstić information content (AvgIpc) is 3.23. The summed E-state index contributed by atoms with van der Waals surface area (Å²) in [5.41, 5.74) is 2.39. The summed E-state index contributed by atoms with van der Waals surface area (Å²) in [4.78, 5) is 19.0. The molecule has 0 saturated carbocycles. The molecule has 0 unspecified atom stereocenters. The minimum atomic E-state index is -3.68. The first kappa shape index (κ1) is 21.3. The number of carbonyl (C=O) groups excluding carboxylic acids is 1. The third-order valence-corrected chi connectivity index (χ3v) is 7.01. The fourth-order valence-corrected chi connectivity index (χ4v) is 4.48. The van der Waals surface area contributed by atoms with Crippen LogP contribution in [0.25, 0.3) is 17.2 Å². The Kier molecular flexibility index (Phi) is 6.20.